The average molecular weight is 393 g/mol. The van der Waals surface area contributed by atoms with Gasteiger partial charge in [0.2, 0.25) is 5.60 Å². The molecule has 0 radical (unpaired) electrons. The van der Waals surface area contributed by atoms with E-state index in [2.05, 4.69) is 15.6 Å². The summed E-state index contributed by atoms with van der Waals surface area (Å²) >= 11 is 5.78. The Balaban J connectivity index is 1.69. The molecule has 9 heteroatoms. The van der Waals surface area contributed by atoms with Crippen LogP contribution in [0.4, 0.5) is 15.9 Å². The number of rotatable bonds is 5. The van der Waals surface area contributed by atoms with E-state index in [4.69, 9.17) is 11.6 Å². The Hall–Kier alpha value is -2.71. The fraction of sp³-hybridized carbons (Fsp3) is 0.278. The Labute approximate surface area is 160 Å². The molecule has 0 spiro atoms. The van der Waals surface area contributed by atoms with Crippen molar-refractivity contribution < 1.29 is 19.1 Å². The van der Waals surface area contributed by atoms with E-state index in [1.807, 2.05) is 0 Å². The summed E-state index contributed by atoms with van der Waals surface area (Å²) < 4.78 is 13.4. The lowest BCUT2D eigenvalue weighted by molar-refractivity contribution is -0.149. The molecule has 1 fully saturated rings. The van der Waals surface area contributed by atoms with Gasteiger partial charge in [0, 0.05) is 31.6 Å². The summed E-state index contributed by atoms with van der Waals surface area (Å²) in [6, 6.07) is 7.22. The first kappa shape index (κ1) is 19.1. The number of amides is 2. The van der Waals surface area contributed by atoms with Crippen molar-refractivity contribution in [3.63, 3.8) is 0 Å². The molecular formula is C18H18ClFN4O3. The van der Waals surface area contributed by atoms with Gasteiger partial charge in [-0.05, 0) is 35.9 Å². The molecule has 1 saturated heterocycles. The van der Waals surface area contributed by atoms with Crippen LogP contribution in [0, 0.1) is 5.82 Å². The highest BCUT2D eigenvalue weighted by molar-refractivity contribution is 6.30. The van der Waals surface area contributed by atoms with Gasteiger partial charge in [0.15, 0.2) is 0 Å². The molecule has 1 aromatic carbocycles. The molecule has 7 nitrogen and oxygen atoms in total. The first-order chi connectivity index (χ1) is 12.8. The third kappa shape index (κ3) is 3.86. The highest BCUT2D eigenvalue weighted by atomic mass is 35.5. The predicted octanol–water partition coefficient (Wildman–Crippen LogP) is 1.70. The average Bonchev–Trinajstić information content (AvgIpc) is 2.95. The predicted molar refractivity (Wildman–Crippen MR) is 99.0 cm³/mol. The highest BCUT2D eigenvalue weighted by Crippen LogP contribution is 2.28. The number of nitrogens with zero attached hydrogens (tertiary/aromatic N) is 2. The summed E-state index contributed by atoms with van der Waals surface area (Å²) in [6.45, 7) is 0.111. The number of halogens is 2. The van der Waals surface area contributed by atoms with Crippen molar-refractivity contribution in [3.8, 4) is 0 Å². The van der Waals surface area contributed by atoms with E-state index in [0.717, 1.165) is 6.07 Å². The van der Waals surface area contributed by atoms with E-state index in [9.17, 15) is 19.1 Å². The second kappa shape index (κ2) is 7.50. The molecule has 1 unspecified atom stereocenters. The molecule has 2 aromatic rings. The van der Waals surface area contributed by atoms with Gasteiger partial charge in [-0.15, -0.1) is 0 Å². The van der Waals surface area contributed by atoms with Gasteiger partial charge in [0.1, 0.15) is 11.6 Å². The standard InChI is InChI=1S/C18H18ClFN4O3/c1-21-15-3-2-14(10-22-15)24-5-4-18(27,17(24)26)16(25)23-9-11-6-12(19)8-13(20)7-11/h2-3,6-8,10,27H,4-5,9H2,1H3,(H,21,22)(H,23,25). The maximum absolute atomic E-state index is 13.4. The Morgan fingerprint density at radius 1 is 1.41 bits per heavy atom. The molecule has 1 atom stereocenters. The number of benzene rings is 1. The maximum Gasteiger partial charge on any atom is 0.268 e. The van der Waals surface area contributed by atoms with E-state index >= 15 is 0 Å². The summed E-state index contributed by atoms with van der Waals surface area (Å²) in [5, 5.41) is 16.1. The quantitative estimate of drug-likeness (QED) is 0.673. The van der Waals surface area contributed by atoms with Gasteiger partial charge in [-0.1, -0.05) is 11.6 Å². The Kier molecular flexibility index (Phi) is 5.29. The van der Waals surface area contributed by atoms with Crippen molar-refractivity contribution in [2.24, 2.45) is 0 Å². The van der Waals surface area contributed by atoms with Crippen LogP contribution in [-0.2, 0) is 16.1 Å². The van der Waals surface area contributed by atoms with Gasteiger partial charge in [0.05, 0.1) is 11.9 Å². The number of nitrogens with one attached hydrogen (secondary N) is 2. The summed E-state index contributed by atoms with van der Waals surface area (Å²) in [5.74, 6) is -1.47. The van der Waals surface area contributed by atoms with Crippen LogP contribution in [0.5, 0.6) is 0 Å². The minimum atomic E-state index is -2.18. The van der Waals surface area contributed by atoms with Crippen molar-refractivity contribution >= 4 is 34.9 Å². The van der Waals surface area contributed by atoms with Gasteiger partial charge in [-0.3, -0.25) is 9.59 Å². The molecule has 0 aliphatic carbocycles. The molecule has 142 valence electrons. The van der Waals surface area contributed by atoms with Crippen molar-refractivity contribution in [1.82, 2.24) is 10.3 Å². The number of hydrogen-bond donors (Lipinski definition) is 3. The second-order valence-corrected chi connectivity index (χ2v) is 6.62. The number of anilines is 2. The minimum Gasteiger partial charge on any atom is -0.373 e. The minimum absolute atomic E-state index is 0.0602. The Bertz CT molecular complexity index is 857. The lowest BCUT2D eigenvalue weighted by Gasteiger charge is -2.21. The third-order valence-corrected chi connectivity index (χ3v) is 4.58. The molecule has 1 aromatic heterocycles. The summed E-state index contributed by atoms with van der Waals surface area (Å²) in [6.07, 6.45) is 1.43. The van der Waals surface area contributed by atoms with Crippen LogP contribution in [-0.4, -0.2) is 41.1 Å². The lowest BCUT2D eigenvalue weighted by Crippen LogP contribution is -2.52. The van der Waals surface area contributed by atoms with Crippen molar-refractivity contribution in [2.75, 3.05) is 23.8 Å². The van der Waals surface area contributed by atoms with Gasteiger partial charge in [0.25, 0.3) is 11.8 Å². The topological polar surface area (TPSA) is 94.6 Å². The number of aliphatic hydroxyl groups is 1. The van der Waals surface area contributed by atoms with E-state index in [-0.39, 0.29) is 24.5 Å². The van der Waals surface area contributed by atoms with Crippen LogP contribution in [0.2, 0.25) is 5.02 Å². The number of carbonyl (C=O) groups excluding carboxylic acids is 2. The number of pyridine rings is 1. The van der Waals surface area contributed by atoms with E-state index in [1.165, 1.54) is 23.2 Å². The Morgan fingerprint density at radius 3 is 2.81 bits per heavy atom. The fourth-order valence-electron chi connectivity index (χ4n) is 2.90. The smallest absolute Gasteiger partial charge is 0.268 e. The molecule has 2 heterocycles. The molecule has 0 saturated carbocycles. The van der Waals surface area contributed by atoms with Crippen molar-refractivity contribution in [1.29, 1.82) is 0 Å². The molecule has 2 amide bonds. The summed E-state index contributed by atoms with van der Waals surface area (Å²) in [5.41, 5.74) is -1.27. The van der Waals surface area contributed by atoms with E-state index in [0.29, 0.717) is 17.1 Å². The number of hydrogen-bond acceptors (Lipinski definition) is 5. The zero-order valence-electron chi connectivity index (χ0n) is 14.5. The highest BCUT2D eigenvalue weighted by Gasteiger charge is 2.51. The van der Waals surface area contributed by atoms with Crippen LogP contribution >= 0.6 is 11.6 Å². The number of carbonyl (C=O) groups is 2. The van der Waals surface area contributed by atoms with Gasteiger partial charge in [-0.2, -0.15) is 0 Å². The molecule has 3 rings (SSSR count). The first-order valence-electron chi connectivity index (χ1n) is 8.25. The summed E-state index contributed by atoms with van der Waals surface area (Å²) in [7, 11) is 1.72. The zero-order valence-corrected chi connectivity index (χ0v) is 15.3. The van der Waals surface area contributed by atoms with Crippen molar-refractivity contribution in [2.45, 2.75) is 18.6 Å². The first-order valence-corrected chi connectivity index (χ1v) is 8.63. The van der Waals surface area contributed by atoms with Crippen LogP contribution in [0.15, 0.2) is 36.5 Å². The third-order valence-electron chi connectivity index (χ3n) is 4.36. The van der Waals surface area contributed by atoms with Gasteiger partial charge < -0.3 is 20.6 Å². The SMILES string of the molecule is CNc1ccc(N2CCC(O)(C(=O)NCc3cc(F)cc(Cl)c3)C2=O)cn1. The molecule has 27 heavy (non-hydrogen) atoms. The van der Waals surface area contributed by atoms with Crippen LogP contribution in [0.3, 0.4) is 0 Å². The molecule has 1 aliphatic heterocycles. The summed E-state index contributed by atoms with van der Waals surface area (Å²) in [4.78, 5) is 30.5. The second-order valence-electron chi connectivity index (χ2n) is 6.18. The van der Waals surface area contributed by atoms with E-state index < -0.39 is 23.2 Å². The Morgan fingerprint density at radius 2 is 2.19 bits per heavy atom. The largest absolute Gasteiger partial charge is 0.373 e. The molecular weight excluding hydrogens is 375 g/mol. The zero-order chi connectivity index (χ0) is 19.6. The van der Waals surface area contributed by atoms with Crippen LogP contribution < -0.4 is 15.5 Å². The lowest BCUT2D eigenvalue weighted by atomic mass is 10.0. The molecule has 3 N–H and O–H groups in total. The van der Waals surface area contributed by atoms with Gasteiger partial charge in [-0.25, -0.2) is 9.37 Å². The molecule has 0 bridgehead atoms. The van der Waals surface area contributed by atoms with Crippen LogP contribution in [0.1, 0.15) is 12.0 Å². The van der Waals surface area contributed by atoms with Crippen molar-refractivity contribution in [3.05, 3.63) is 52.9 Å². The van der Waals surface area contributed by atoms with E-state index in [1.54, 1.807) is 19.2 Å². The van der Waals surface area contributed by atoms with Crippen LogP contribution in [0.25, 0.3) is 0 Å². The fourth-order valence-corrected chi connectivity index (χ4v) is 3.14. The molecule has 1 aliphatic rings. The van der Waals surface area contributed by atoms with Gasteiger partial charge >= 0.3 is 0 Å². The normalized spacial score (nSPS) is 19.3. The number of aromatic nitrogens is 1. The maximum atomic E-state index is 13.4. The monoisotopic (exact) mass is 392 g/mol.